The highest BCUT2D eigenvalue weighted by atomic mass is 16.6. The summed E-state index contributed by atoms with van der Waals surface area (Å²) in [6.45, 7) is 3.65. The van der Waals surface area contributed by atoms with Gasteiger partial charge in [0.15, 0.2) is 0 Å². The maximum atomic E-state index is 5.76. The Morgan fingerprint density at radius 1 is 0.909 bits per heavy atom. The van der Waals surface area contributed by atoms with Gasteiger partial charge < -0.3 is 5.73 Å². The van der Waals surface area contributed by atoms with Crippen molar-refractivity contribution in [3.8, 4) is 5.82 Å². The number of nitrogens with zero attached hydrogens (tertiary/aromatic N) is 7. The molecule has 0 aliphatic carbocycles. The van der Waals surface area contributed by atoms with Crippen LogP contribution in [0.3, 0.4) is 0 Å². The van der Waals surface area contributed by atoms with Crippen LogP contribution < -0.4 is 5.73 Å². The molecule has 9 nitrogen and oxygen atoms in total. The van der Waals surface area contributed by atoms with Crippen molar-refractivity contribution in [2.45, 2.75) is 13.8 Å². The third-order valence-electron chi connectivity index (χ3n) is 4.74. The molecule has 0 fully saturated rings. The van der Waals surface area contributed by atoms with Crippen LogP contribution in [0.25, 0.3) is 18.0 Å². The number of hydrogen-bond acceptors (Lipinski definition) is 8. The lowest BCUT2D eigenvalue weighted by Crippen LogP contribution is -2.04. The van der Waals surface area contributed by atoms with Crippen molar-refractivity contribution in [3.05, 3.63) is 95.3 Å². The largest absolute Gasteiger partial charge is 0.378 e. The lowest BCUT2D eigenvalue weighted by Gasteiger charge is -1.99. The molecule has 0 unspecified atom stereocenters. The molecule has 9 heteroatoms. The molecule has 4 aromatic rings. The topological polar surface area (TPSA) is 120 Å². The molecule has 2 N–H and O–H groups in total. The zero-order chi connectivity index (χ0) is 23.0. The SMILES string of the molecule is C/C(=N/N=C(/C=C/c1ccccc1)/C=C/c1ccccc1)c1nnn(-c2nonc2N)c1C. The highest BCUT2D eigenvalue weighted by Gasteiger charge is 2.17. The Hall–Kier alpha value is -4.66. The fourth-order valence-electron chi connectivity index (χ4n) is 3.00. The van der Waals surface area contributed by atoms with Crippen LogP contribution in [-0.4, -0.2) is 36.7 Å². The van der Waals surface area contributed by atoms with E-state index in [1.165, 1.54) is 4.68 Å². The Labute approximate surface area is 190 Å². The average molecular weight is 438 g/mol. The summed E-state index contributed by atoms with van der Waals surface area (Å²) >= 11 is 0. The van der Waals surface area contributed by atoms with Gasteiger partial charge >= 0.3 is 0 Å². The lowest BCUT2D eigenvalue weighted by atomic mass is 10.1. The third kappa shape index (κ3) is 5.34. The molecule has 0 saturated carbocycles. The van der Waals surface area contributed by atoms with E-state index in [4.69, 9.17) is 5.73 Å². The normalized spacial score (nSPS) is 12.0. The van der Waals surface area contributed by atoms with Gasteiger partial charge in [-0.15, -0.1) is 5.10 Å². The number of allylic oxidation sites excluding steroid dienone is 2. The first-order chi connectivity index (χ1) is 16.1. The number of nitrogens with two attached hydrogens (primary N) is 1. The van der Waals surface area contributed by atoms with Crippen molar-refractivity contribution in [3.63, 3.8) is 0 Å². The Morgan fingerprint density at radius 2 is 1.52 bits per heavy atom. The van der Waals surface area contributed by atoms with E-state index < -0.39 is 0 Å². The molecule has 2 heterocycles. The summed E-state index contributed by atoms with van der Waals surface area (Å²) in [5, 5.41) is 24.5. The number of aromatic nitrogens is 5. The zero-order valence-corrected chi connectivity index (χ0v) is 18.2. The molecule has 0 radical (unpaired) electrons. The van der Waals surface area contributed by atoms with E-state index in [-0.39, 0.29) is 11.6 Å². The van der Waals surface area contributed by atoms with Gasteiger partial charge in [-0.1, -0.05) is 78.0 Å². The Balaban J connectivity index is 1.63. The Morgan fingerprint density at radius 3 is 2.06 bits per heavy atom. The molecule has 0 amide bonds. The van der Waals surface area contributed by atoms with Crippen LogP contribution >= 0.6 is 0 Å². The molecule has 0 aliphatic heterocycles. The zero-order valence-electron chi connectivity index (χ0n) is 18.2. The fourth-order valence-corrected chi connectivity index (χ4v) is 3.00. The molecular formula is C24H22N8O. The summed E-state index contributed by atoms with van der Waals surface area (Å²) in [5.41, 5.74) is 10.4. The van der Waals surface area contributed by atoms with Crippen LogP contribution in [0.5, 0.6) is 0 Å². The quantitative estimate of drug-likeness (QED) is 0.342. The highest BCUT2D eigenvalue weighted by Crippen LogP contribution is 2.15. The molecular weight excluding hydrogens is 416 g/mol. The molecule has 2 aromatic heterocycles. The van der Waals surface area contributed by atoms with Gasteiger partial charge in [0.25, 0.3) is 0 Å². The molecule has 0 aliphatic rings. The summed E-state index contributed by atoms with van der Waals surface area (Å²) in [7, 11) is 0. The van der Waals surface area contributed by atoms with Crippen LogP contribution in [0.15, 0.2) is 87.6 Å². The van der Waals surface area contributed by atoms with Crippen molar-refractivity contribution in [1.82, 2.24) is 25.3 Å². The molecule has 33 heavy (non-hydrogen) atoms. The summed E-state index contributed by atoms with van der Waals surface area (Å²) in [6.07, 6.45) is 7.80. The first-order valence-electron chi connectivity index (χ1n) is 10.2. The van der Waals surface area contributed by atoms with Gasteiger partial charge in [-0.3, -0.25) is 0 Å². The number of anilines is 1. The van der Waals surface area contributed by atoms with Crippen molar-refractivity contribution in [2.24, 2.45) is 10.2 Å². The minimum Gasteiger partial charge on any atom is -0.378 e. The van der Waals surface area contributed by atoms with Gasteiger partial charge in [0.05, 0.1) is 17.1 Å². The van der Waals surface area contributed by atoms with Crippen LogP contribution in [-0.2, 0) is 0 Å². The minimum absolute atomic E-state index is 0.126. The van der Waals surface area contributed by atoms with Gasteiger partial charge in [0.1, 0.15) is 5.69 Å². The predicted molar refractivity (Wildman–Crippen MR) is 129 cm³/mol. The van der Waals surface area contributed by atoms with Crippen molar-refractivity contribution >= 4 is 29.4 Å². The number of benzene rings is 2. The van der Waals surface area contributed by atoms with Crippen LogP contribution in [0.4, 0.5) is 5.82 Å². The molecule has 164 valence electrons. The summed E-state index contributed by atoms with van der Waals surface area (Å²) in [6, 6.07) is 20.0. The van der Waals surface area contributed by atoms with Gasteiger partial charge in [-0.25, -0.2) is 4.63 Å². The van der Waals surface area contributed by atoms with Crippen LogP contribution in [0, 0.1) is 6.92 Å². The van der Waals surface area contributed by atoms with Gasteiger partial charge in [0.2, 0.25) is 11.6 Å². The third-order valence-corrected chi connectivity index (χ3v) is 4.74. The van der Waals surface area contributed by atoms with Gasteiger partial charge in [0, 0.05) is 0 Å². The number of nitrogen functional groups attached to an aromatic ring is 1. The summed E-state index contributed by atoms with van der Waals surface area (Å²) in [4.78, 5) is 0. The molecule has 0 spiro atoms. The highest BCUT2D eigenvalue weighted by molar-refractivity contribution is 6.09. The van der Waals surface area contributed by atoms with E-state index in [0.717, 1.165) is 11.1 Å². The fraction of sp³-hybridized carbons (Fsp3) is 0.0833. The minimum atomic E-state index is 0.126. The monoisotopic (exact) mass is 438 g/mol. The maximum Gasteiger partial charge on any atom is 0.243 e. The molecule has 4 rings (SSSR count). The smallest absolute Gasteiger partial charge is 0.243 e. The van der Waals surface area contributed by atoms with Gasteiger partial charge in [-0.05, 0) is 47.4 Å². The summed E-state index contributed by atoms with van der Waals surface area (Å²) in [5.74, 6) is 0.404. The van der Waals surface area contributed by atoms with E-state index in [1.807, 2.05) is 98.8 Å². The van der Waals surface area contributed by atoms with E-state index in [0.29, 0.717) is 22.8 Å². The van der Waals surface area contributed by atoms with Crippen LogP contribution in [0.2, 0.25) is 0 Å². The van der Waals surface area contributed by atoms with Crippen molar-refractivity contribution < 1.29 is 4.63 Å². The Bertz CT molecular complexity index is 1280. The van der Waals surface area contributed by atoms with E-state index in [1.54, 1.807) is 0 Å². The first-order valence-corrected chi connectivity index (χ1v) is 10.2. The second-order valence-electron chi connectivity index (χ2n) is 7.11. The maximum absolute atomic E-state index is 5.76. The van der Waals surface area contributed by atoms with Gasteiger partial charge in [-0.2, -0.15) is 14.9 Å². The predicted octanol–water partition coefficient (Wildman–Crippen LogP) is 4.13. The van der Waals surface area contributed by atoms with E-state index >= 15 is 0 Å². The van der Waals surface area contributed by atoms with E-state index in [9.17, 15) is 0 Å². The summed E-state index contributed by atoms with van der Waals surface area (Å²) < 4.78 is 6.10. The molecule has 2 aromatic carbocycles. The lowest BCUT2D eigenvalue weighted by molar-refractivity contribution is 0.306. The molecule has 0 saturated heterocycles. The second-order valence-corrected chi connectivity index (χ2v) is 7.11. The molecule has 0 atom stereocenters. The standard InChI is InChI=1S/C24H22N8O/c1-17(22-18(2)32(31-28-22)24-23(25)29-33-30-24)26-27-21(15-13-19-9-5-3-6-10-19)16-14-20-11-7-4-8-12-20/h3-16H,1-2H3,(H2,25,29)/b15-13+,16-14+,26-17-. The van der Waals surface area contributed by atoms with Crippen molar-refractivity contribution in [2.75, 3.05) is 5.73 Å². The first kappa shape index (κ1) is 21.6. The second kappa shape index (κ2) is 10.1. The number of rotatable bonds is 7. The average Bonchev–Trinajstić information content (AvgIpc) is 3.44. The van der Waals surface area contributed by atoms with Crippen molar-refractivity contribution in [1.29, 1.82) is 0 Å². The molecule has 0 bridgehead atoms. The number of hydrogen-bond donors (Lipinski definition) is 1. The van der Waals surface area contributed by atoms with Crippen LogP contribution in [0.1, 0.15) is 29.4 Å². The van der Waals surface area contributed by atoms with E-state index in [2.05, 4.69) is 35.5 Å². The Kier molecular flexibility index (Phi) is 6.60.